The first-order valence-electron chi connectivity index (χ1n) is 4.86. The van der Waals surface area contributed by atoms with E-state index in [9.17, 15) is 4.79 Å². The molecule has 0 aromatic rings. The third-order valence-electron chi connectivity index (χ3n) is 2.83. The smallest absolute Gasteiger partial charge is 0.311 e. The summed E-state index contributed by atoms with van der Waals surface area (Å²) in [6, 6.07) is 0. The van der Waals surface area contributed by atoms with E-state index in [0.717, 1.165) is 19.3 Å². The molecule has 0 bridgehead atoms. The van der Waals surface area contributed by atoms with Crippen LogP contribution < -0.4 is 11.5 Å². The van der Waals surface area contributed by atoms with Crippen LogP contribution in [0.2, 0.25) is 0 Å². The molecule has 1 aliphatic carbocycles. The minimum atomic E-state index is -0.776. The van der Waals surface area contributed by atoms with Gasteiger partial charge in [0.15, 0.2) is 5.96 Å². The van der Waals surface area contributed by atoms with Gasteiger partial charge in [0, 0.05) is 0 Å². The lowest BCUT2D eigenvalue weighted by Crippen LogP contribution is -2.37. The molecule has 5 nitrogen and oxygen atoms in total. The van der Waals surface area contributed by atoms with Gasteiger partial charge in [0.25, 0.3) is 0 Å². The number of carbonyl (C=O) groups is 1. The van der Waals surface area contributed by atoms with Gasteiger partial charge in [-0.3, -0.25) is 9.79 Å². The lowest BCUT2D eigenvalue weighted by Gasteiger charge is -2.31. The quantitative estimate of drug-likeness (QED) is 0.449. The Labute approximate surface area is 83.2 Å². The van der Waals surface area contributed by atoms with E-state index < -0.39 is 11.4 Å². The summed E-state index contributed by atoms with van der Waals surface area (Å²) in [7, 11) is 0. The highest BCUT2D eigenvalue weighted by Gasteiger charge is 2.39. The minimum Gasteiger partial charge on any atom is -0.481 e. The van der Waals surface area contributed by atoms with Crippen molar-refractivity contribution in [2.75, 3.05) is 6.54 Å². The highest BCUT2D eigenvalue weighted by molar-refractivity contribution is 5.78. The minimum absolute atomic E-state index is 0.0313. The largest absolute Gasteiger partial charge is 0.481 e. The highest BCUT2D eigenvalue weighted by Crippen LogP contribution is 2.36. The van der Waals surface area contributed by atoms with Crippen LogP contribution in [0.4, 0.5) is 0 Å². The molecule has 0 spiro atoms. The van der Waals surface area contributed by atoms with E-state index in [1.165, 1.54) is 0 Å². The van der Waals surface area contributed by atoms with Crippen molar-refractivity contribution in [2.45, 2.75) is 32.1 Å². The second kappa shape index (κ2) is 4.30. The molecule has 0 atom stereocenters. The molecule has 0 aromatic heterocycles. The second-order valence-electron chi connectivity index (χ2n) is 3.89. The lowest BCUT2D eigenvalue weighted by atomic mass is 9.74. The molecule has 14 heavy (non-hydrogen) atoms. The second-order valence-corrected chi connectivity index (χ2v) is 3.89. The summed E-state index contributed by atoms with van der Waals surface area (Å²) < 4.78 is 0. The Morgan fingerprint density at radius 2 is 1.86 bits per heavy atom. The fourth-order valence-corrected chi connectivity index (χ4v) is 1.91. The third-order valence-corrected chi connectivity index (χ3v) is 2.83. The molecule has 1 saturated carbocycles. The summed E-state index contributed by atoms with van der Waals surface area (Å²) in [6.07, 6.45) is 4.37. The Morgan fingerprint density at radius 3 is 2.29 bits per heavy atom. The number of aliphatic carboxylic acids is 1. The first-order chi connectivity index (χ1) is 6.57. The zero-order chi connectivity index (χ0) is 10.6. The Bertz CT molecular complexity index is 240. The first kappa shape index (κ1) is 10.8. The number of nitrogens with two attached hydrogens (primary N) is 2. The van der Waals surface area contributed by atoms with E-state index in [-0.39, 0.29) is 12.5 Å². The van der Waals surface area contributed by atoms with E-state index in [1.807, 2.05) is 0 Å². The zero-order valence-corrected chi connectivity index (χ0v) is 8.20. The molecule has 5 heteroatoms. The number of carboxylic acids is 1. The monoisotopic (exact) mass is 199 g/mol. The molecule has 0 aromatic carbocycles. The van der Waals surface area contributed by atoms with Crippen molar-refractivity contribution in [3.05, 3.63) is 0 Å². The SMILES string of the molecule is NC(N)=NCC1(C(=O)O)CCCCC1. The van der Waals surface area contributed by atoms with Gasteiger partial charge in [-0.1, -0.05) is 19.3 Å². The highest BCUT2D eigenvalue weighted by atomic mass is 16.4. The van der Waals surface area contributed by atoms with Gasteiger partial charge in [0.1, 0.15) is 0 Å². The average molecular weight is 199 g/mol. The molecule has 1 aliphatic rings. The number of rotatable bonds is 3. The Hall–Kier alpha value is -1.26. The summed E-state index contributed by atoms with van der Waals surface area (Å²) >= 11 is 0. The van der Waals surface area contributed by atoms with Gasteiger partial charge < -0.3 is 16.6 Å². The van der Waals surface area contributed by atoms with Crippen LogP contribution in [0.25, 0.3) is 0 Å². The molecule has 5 N–H and O–H groups in total. The van der Waals surface area contributed by atoms with Crippen molar-refractivity contribution in [2.24, 2.45) is 21.9 Å². The first-order valence-corrected chi connectivity index (χ1v) is 4.86. The molecular formula is C9H17N3O2. The molecule has 0 unspecified atom stereocenters. The standard InChI is InChI=1S/C9H17N3O2/c10-8(11)12-6-9(7(13)14)4-2-1-3-5-9/h1-6H2,(H,13,14)(H4,10,11,12). The van der Waals surface area contributed by atoms with Gasteiger partial charge in [-0.2, -0.15) is 0 Å². The fourth-order valence-electron chi connectivity index (χ4n) is 1.91. The lowest BCUT2D eigenvalue weighted by molar-refractivity contribution is -0.150. The van der Waals surface area contributed by atoms with E-state index in [2.05, 4.69) is 4.99 Å². The van der Waals surface area contributed by atoms with Gasteiger partial charge in [-0.15, -0.1) is 0 Å². The fraction of sp³-hybridized carbons (Fsp3) is 0.778. The van der Waals surface area contributed by atoms with Gasteiger partial charge >= 0.3 is 5.97 Å². The predicted octanol–water partition coefficient (Wildman–Crippen LogP) is 0.295. The molecular weight excluding hydrogens is 182 g/mol. The van der Waals surface area contributed by atoms with Crippen LogP contribution in [0.5, 0.6) is 0 Å². The third kappa shape index (κ3) is 2.37. The molecule has 0 heterocycles. The summed E-state index contributed by atoms with van der Waals surface area (Å²) in [5, 5.41) is 9.15. The molecule has 0 amide bonds. The van der Waals surface area contributed by atoms with Crippen molar-refractivity contribution in [3.63, 3.8) is 0 Å². The van der Waals surface area contributed by atoms with Crippen molar-refractivity contribution in [1.29, 1.82) is 0 Å². The molecule has 1 rings (SSSR count). The summed E-state index contributed by atoms with van der Waals surface area (Å²) in [6.45, 7) is 0.213. The number of carboxylic acid groups (broad SMARTS) is 1. The maximum atomic E-state index is 11.1. The molecule has 0 saturated heterocycles. The van der Waals surface area contributed by atoms with Crippen LogP contribution in [0.15, 0.2) is 4.99 Å². The van der Waals surface area contributed by atoms with Crippen LogP contribution in [0, 0.1) is 5.41 Å². The van der Waals surface area contributed by atoms with Gasteiger partial charge in [-0.05, 0) is 12.8 Å². The van der Waals surface area contributed by atoms with Crippen LogP contribution in [0.1, 0.15) is 32.1 Å². The van der Waals surface area contributed by atoms with E-state index in [4.69, 9.17) is 16.6 Å². The molecule has 1 fully saturated rings. The molecule has 0 aliphatic heterocycles. The van der Waals surface area contributed by atoms with Gasteiger partial charge in [-0.25, -0.2) is 0 Å². The number of nitrogens with zero attached hydrogens (tertiary/aromatic N) is 1. The molecule has 0 radical (unpaired) electrons. The van der Waals surface area contributed by atoms with Crippen molar-refractivity contribution in [1.82, 2.24) is 0 Å². The van der Waals surface area contributed by atoms with Crippen LogP contribution >= 0.6 is 0 Å². The summed E-state index contributed by atoms with van der Waals surface area (Å²) in [5.41, 5.74) is 9.69. The Kier molecular flexibility index (Phi) is 3.33. The van der Waals surface area contributed by atoms with Crippen LogP contribution in [0.3, 0.4) is 0 Å². The summed E-state index contributed by atoms with van der Waals surface area (Å²) in [5.74, 6) is -0.807. The maximum absolute atomic E-state index is 11.1. The zero-order valence-electron chi connectivity index (χ0n) is 8.20. The van der Waals surface area contributed by atoms with Gasteiger partial charge in [0.2, 0.25) is 0 Å². The van der Waals surface area contributed by atoms with Gasteiger partial charge in [0.05, 0.1) is 12.0 Å². The number of hydrogen-bond donors (Lipinski definition) is 3. The number of hydrogen-bond acceptors (Lipinski definition) is 2. The van der Waals surface area contributed by atoms with E-state index >= 15 is 0 Å². The number of guanidine groups is 1. The van der Waals surface area contributed by atoms with Crippen molar-refractivity contribution >= 4 is 11.9 Å². The maximum Gasteiger partial charge on any atom is 0.311 e. The van der Waals surface area contributed by atoms with Crippen molar-refractivity contribution < 1.29 is 9.90 Å². The topological polar surface area (TPSA) is 102 Å². The van der Waals surface area contributed by atoms with Crippen molar-refractivity contribution in [3.8, 4) is 0 Å². The van der Waals surface area contributed by atoms with Crippen LogP contribution in [-0.2, 0) is 4.79 Å². The Balaban J connectivity index is 2.70. The average Bonchev–Trinajstić information content (AvgIpc) is 2.16. The molecule has 80 valence electrons. The predicted molar refractivity (Wildman–Crippen MR) is 53.8 cm³/mol. The van der Waals surface area contributed by atoms with E-state index in [1.54, 1.807) is 0 Å². The Morgan fingerprint density at radius 1 is 1.29 bits per heavy atom. The van der Waals surface area contributed by atoms with E-state index in [0.29, 0.717) is 12.8 Å². The summed E-state index contributed by atoms with van der Waals surface area (Å²) in [4.78, 5) is 15.0. The normalized spacial score (nSPS) is 20.0. The number of aliphatic imine (C=N–C) groups is 1. The van der Waals surface area contributed by atoms with Crippen LogP contribution in [-0.4, -0.2) is 23.6 Å².